The smallest absolute Gasteiger partial charge is 0.232 e. The van der Waals surface area contributed by atoms with E-state index in [0.29, 0.717) is 27.7 Å². The Morgan fingerprint density at radius 2 is 1.61 bits per heavy atom. The first-order chi connectivity index (χ1) is 20.8. The Morgan fingerprint density at radius 3 is 2.18 bits per heavy atom. The predicted molar refractivity (Wildman–Crippen MR) is 170 cm³/mol. The fraction of sp³-hybridized carbons (Fsp3) is 0.310. The van der Waals surface area contributed by atoms with Gasteiger partial charge in [-0.25, -0.2) is 31.2 Å². The van der Waals surface area contributed by atoms with E-state index in [9.17, 15) is 21.2 Å². The average molecular weight is 652 g/mol. The summed E-state index contributed by atoms with van der Waals surface area (Å²) in [5.74, 6) is -0.711. The van der Waals surface area contributed by atoms with E-state index in [2.05, 4.69) is 19.4 Å². The van der Waals surface area contributed by atoms with E-state index in [1.54, 1.807) is 30.3 Å². The zero-order valence-corrected chi connectivity index (χ0v) is 26.4. The molecule has 1 heterocycles. The van der Waals surface area contributed by atoms with Gasteiger partial charge in [0.25, 0.3) is 0 Å². The van der Waals surface area contributed by atoms with Crippen LogP contribution in [-0.4, -0.2) is 65.8 Å². The maximum atomic E-state index is 15.4. The van der Waals surface area contributed by atoms with Gasteiger partial charge in [0.1, 0.15) is 17.1 Å². The molecule has 3 aromatic carbocycles. The van der Waals surface area contributed by atoms with Crippen molar-refractivity contribution in [3.8, 4) is 28.3 Å². The number of hydrogen-bond acceptors (Lipinski definition) is 9. The van der Waals surface area contributed by atoms with Crippen molar-refractivity contribution in [3.63, 3.8) is 0 Å². The highest BCUT2D eigenvalue weighted by atomic mass is 32.2. The van der Waals surface area contributed by atoms with Crippen LogP contribution in [0.3, 0.4) is 0 Å². The van der Waals surface area contributed by atoms with Crippen molar-refractivity contribution >= 4 is 48.1 Å². The summed E-state index contributed by atoms with van der Waals surface area (Å²) in [7, 11) is -5.97. The Bertz CT molecular complexity index is 1800. The quantitative estimate of drug-likeness (QED) is 0.187. The number of ether oxygens (including phenoxy) is 2. The van der Waals surface area contributed by atoms with Crippen LogP contribution in [0.15, 0.2) is 54.6 Å². The molecule has 0 amide bonds. The van der Waals surface area contributed by atoms with Crippen molar-refractivity contribution in [2.24, 2.45) is 0 Å². The number of sulfonamides is 2. The first-order valence-corrected chi connectivity index (χ1v) is 17.0. The van der Waals surface area contributed by atoms with Crippen LogP contribution < -0.4 is 19.9 Å². The highest BCUT2D eigenvalue weighted by Gasteiger charge is 2.19. The van der Waals surface area contributed by atoms with E-state index in [4.69, 9.17) is 15.2 Å². The molecule has 0 aliphatic heterocycles. The standard InChI is InChI=1S/C25H25F2N5O5S2.C4H10O/c1-37-21-14-16(18-5-3-6-20(22(18)27)32-39(35,36)12-4-11-26)13-19-23(21)29-25(30-24(19)28)15-7-9-17(10-8-15)31-38(2,33)34;1-3-5-4-2/h3,5-10,13-14,31-32H,4,11-12H2,1-2H3,(H2,28,29,30);3-4H2,1-2H3. The number of nitrogen functional groups attached to an aromatic ring is 1. The van der Waals surface area contributed by atoms with Crippen molar-refractivity contribution in [2.75, 3.05) is 54.2 Å². The number of nitrogens with zero attached hydrogens (tertiary/aromatic N) is 2. The second kappa shape index (κ2) is 15.1. The zero-order valence-electron chi connectivity index (χ0n) is 24.7. The molecule has 0 bridgehead atoms. The first kappa shape index (κ1) is 34.4. The van der Waals surface area contributed by atoms with Crippen LogP contribution in [0.25, 0.3) is 33.4 Å². The highest BCUT2D eigenvalue weighted by Crippen LogP contribution is 2.37. The second-order valence-corrected chi connectivity index (χ2v) is 13.0. The number of hydrogen-bond donors (Lipinski definition) is 3. The molecule has 11 nitrogen and oxygen atoms in total. The van der Waals surface area contributed by atoms with Crippen molar-refractivity contribution in [1.82, 2.24) is 9.97 Å². The molecule has 0 unspecified atom stereocenters. The summed E-state index contributed by atoms with van der Waals surface area (Å²) < 4.78 is 90.0. The fourth-order valence-electron chi connectivity index (χ4n) is 4.07. The van der Waals surface area contributed by atoms with Crippen molar-refractivity contribution < 1.29 is 35.1 Å². The number of nitrogens with one attached hydrogen (secondary N) is 2. The number of nitrogens with two attached hydrogens (primary N) is 1. The highest BCUT2D eigenvalue weighted by molar-refractivity contribution is 7.92. The molecule has 0 atom stereocenters. The molecule has 4 N–H and O–H groups in total. The first-order valence-electron chi connectivity index (χ1n) is 13.5. The molecule has 4 rings (SSSR count). The summed E-state index contributed by atoms with van der Waals surface area (Å²) in [5.41, 5.74) is 7.67. The van der Waals surface area contributed by atoms with Crippen LogP contribution in [0, 0.1) is 5.82 Å². The summed E-state index contributed by atoms with van der Waals surface area (Å²) in [5, 5.41) is 0.372. The van der Waals surface area contributed by atoms with E-state index >= 15 is 4.39 Å². The lowest BCUT2D eigenvalue weighted by Crippen LogP contribution is -2.18. The SMILES string of the molecule is CCOCC.COc1cc(-c2cccc(NS(=O)(=O)CCCF)c2F)cc2c(N)nc(-c3ccc(NS(C)(=O)=O)cc3)nc12. The minimum atomic E-state index is -3.94. The van der Waals surface area contributed by atoms with Crippen LogP contribution in [-0.2, 0) is 24.8 Å². The summed E-state index contributed by atoms with van der Waals surface area (Å²) in [6, 6.07) is 13.7. The third-order valence-electron chi connectivity index (χ3n) is 5.99. The van der Waals surface area contributed by atoms with Gasteiger partial charge in [0, 0.05) is 35.4 Å². The van der Waals surface area contributed by atoms with Crippen LogP contribution >= 0.6 is 0 Å². The minimum Gasteiger partial charge on any atom is -0.494 e. The molecule has 44 heavy (non-hydrogen) atoms. The van der Waals surface area contributed by atoms with Gasteiger partial charge in [-0.15, -0.1) is 0 Å². The lowest BCUT2D eigenvalue weighted by atomic mass is 10.0. The monoisotopic (exact) mass is 651 g/mol. The number of aromatic nitrogens is 2. The number of methoxy groups -OCH3 is 1. The maximum Gasteiger partial charge on any atom is 0.232 e. The normalized spacial score (nSPS) is 11.5. The van der Waals surface area contributed by atoms with Gasteiger partial charge in [0.05, 0.1) is 31.5 Å². The van der Waals surface area contributed by atoms with Crippen LogP contribution in [0.4, 0.5) is 26.0 Å². The van der Waals surface area contributed by atoms with Gasteiger partial charge in [-0.3, -0.25) is 13.8 Å². The van der Waals surface area contributed by atoms with E-state index in [-0.39, 0.29) is 35.1 Å². The number of rotatable bonds is 12. The summed E-state index contributed by atoms with van der Waals surface area (Å²) in [6.07, 6.45) is 0.839. The third-order valence-corrected chi connectivity index (χ3v) is 7.95. The molecule has 0 radical (unpaired) electrons. The van der Waals surface area contributed by atoms with Crippen LogP contribution in [0.5, 0.6) is 5.75 Å². The molecule has 0 spiro atoms. The average Bonchev–Trinajstić information content (AvgIpc) is 2.97. The minimum absolute atomic E-state index is 0.0679. The van der Waals surface area contributed by atoms with E-state index in [0.717, 1.165) is 19.5 Å². The molecular weight excluding hydrogens is 616 g/mol. The molecule has 0 fully saturated rings. The molecule has 0 aliphatic carbocycles. The molecule has 1 aromatic heterocycles. The van der Waals surface area contributed by atoms with Crippen LogP contribution in [0.1, 0.15) is 20.3 Å². The Morgan fingerprint density at radius 1 is 0.932 bits per heavy atom. The van der Waals surface area contributed by atoms with Crippen molar-refractivity contribution in [1.29, 1.82) is 0 Å². The molecule has 4 aromatic rings. The number of halogens is 2. The Labute approximate surface area is 255 Å². The molecule has 0 saturated heterocycles. The van der Waals surface area contributed by atoms with E-state index in [1.807, 2.05) is 13.8 Å². The maximum absolute atomic E-state index is 15.4. The number of alkyl halides is 1. The Kier molecular flexibility index (Phi) is 11.8. The number of fused-ring (bicyclic) bond motifs is 1. The van der Waals surface area contributed by atoms with E-state index in [1.165, 1.54) is 31.4 Å². The molecule has 0 aliphatic rings. The Hall–Kier alpha value is -4.08. The van der Waals surface area contributed by atoms with Crippen molar-refractivity contribution in [2.45, 2.75) is 20.3 Å². The van der Waals surface area contributed by atoms with Crippen LogP contribution in [0.2, 0.25) is 0 Å². The van der Waals surface area contributed by atoms with E-state index < -0.39 is 38.3 Å². The fourth-order valence-corrected chi connectivity index (χ4v) is 5.71. The summed E-state index contributed by atoms with van der Waals surface area (Å²) >= 11 is 0. The summed E-state index contributed by atoms with van der Waals surface area (Å²) in [6.45, 7) is 4.86. The number of benzene rings is 3. The Balaban J connectivity index is 0.000000978. The topological polar surface area (TPSA) is 163 Å². The van der Waals surface area contributed by atoms with Gasteiger partial charge in [-0.1, -0.05) is 12.1 Å². The summed E-state index contributed by atoms with van der Waals surface area (Å²) in [4.78, 5) is 8.92. The lowest BCUT2D eigenvalue weighted by molar-refractivity contribution is 0.162. The van der Waals surface area contributed by atoms with Gasteiger partial charge < -0.3 is 15.2 Å². The predicted octanol–water partition coefficient (Wildman–Crippen LogP) is 5.21. The van der Waals surface area contributed by atoms with Gasteiger partial charge in [0.2, 0.25) is 20.0 Å². The zero-order chi connectivity index (χ0) is 32.5. The molecule has 15 heteroatoms. The lowest BCUT2D eigenvalue weighted by Gasteiger charge is -2.14. The van der Waals surface area contributed by atoms with Gasteiger partial charge >= 0.3 is 0 Å². The van der Waals surface area contributed by atoms with Gasteiger partial charge in [-0.05, 0) is 68.3 Å². The molecule has 0 saturated carbocycles. The van der Waals surface area contributed by atoms with Gasteiger partial charge in [-0.2, -0.15) is 0 Å². The second-order valence-electron chi connectivity index (χ2n) is 9.37. The van der Waals surface area contributed by atoms with Gasteiger partial charge in [0.15, 0.2) is 11.6 Å². The molecular formula is C29H35F2N5O6S2. The molecule has 238 valence electrons. The largest absolute Gasteiger partial charge is 0.494 e. The number of anilines is 3. The third kappa shape index (κ3) is 9.21. The van der Waals surface area contributed by atoms with Crippen molar-refractivity contribution in [3.05, 3.63) is 60.4 Å².